The lowest BCUT2D eigenvalue weighted by atomic mass is 10.1. The molecule has 0 radical (unpaired) electrons. The number of nitrogens with zero attached hydrogens (tertiary/aromatic N) is 1. The molecule has 0 aliphatic rings. The number of aliphatic hydroxyl groups is 1. The summed E-state index contributed by atoms with van der Waals surface area (Å²) in [6.45, 7) is 4.99. The van der Waals surface area contributed by atoms with Gasteiger partial charge in [-0.3, -0.25) is 0 Å². The van der Waals surface area contributed by atoms with Gasteiger partial charge < -0.3 is 10.0 Å². The van der Waals surface area contributed by atoms with Crippen LogP contribution in [0.1, 0.15) is 39.0 Å². The summed E-state index contributed by atoms with van der Waals surface area (Å²) in [5.74, 6) is 1.80. The van der Waals surface area contributed by atoms with Crippen LogP contribution in [0, 0.1) is 5.92 Å². The van der Waals surface area contributed by atoms with Crippen molar-refractivity contribution >= 4 is 12.6 Å². The molecule has 0 fully saturated rings. The Balaban J connectivity index is 3.28. The highest BCUT2D eigenvalue weighted by molar-refractivity contribution is 7.80. The fourth-order valence-corrected chi connectivity index (χ4v) is 2.03. The van der Waals surface area contributed by atoms with Crippen LogP contribution < -0.4 is 0 Å². The topological polar surface area (TPSA) is 23.5 Å². The highest BCUT2D eigenvalue weighted by Crippen LogP contribution is 2.09. The monoisotopic (exact) mass is 233 g/mol. The maximum absolute atomic E-state index is 8.65. The van der Waals surface area contributed by atoms with Gasteiger partial charge in [0.15, 0.2) is 0 Å². The van der Waals surface area contributed by atoms with Crippen LogP contribution in [0.2, 0.25) is 0 Å². The zero-order valence-electron chi connectivity index (χ0n) is 10.3. The third-order valence-electron chi connectivity index (χ3n) is 2.82. The highest BCUT2D eigenvalue weighted by atomic mass is 32.1. The van der Waals surface area contributed by atoms with Crippen molar-refractivity contribution in [3.8, 4) is 0 Å². The first-order chi connectivity index (χ1) is 7.20. The molecule has 1 unspecified atom stereocenters. The maximum atomic E-state index is 8.65. The van der Waals surface area contributed by atoms with Gasteiger partial charge in [-0.25, -0.2) is 0 Å². The minimum absolute atomic E-state index is 0.336. The molecule has 0 saturated carbocycles. The van der Waals surface area contributed by atoms with Crippen LogP contribution in [0.25, 0.3) is 0 Å². The van der Waals surface area contributed by atoms with Crippen molar-refractivity contribution in [1.29, 1.82) is 0 Å². The van der Waals surface area contributed by atoms with Gasteiger partial charge in [-0.15, -0.1) is 0 Å². The predicted molar refractivity (Wildman–Crippen MR) is 70.7 cm³/mol. The quantitative estimate of drug-likeness (QED) is 0.447. The summed E-state index contributed by atoms with van der Waals surface area (Å²) in [6.07, 6.45) is 5.80. The van der Waals surface area contributed by atoms with E-state index in [2.05, 4.69) is 31.5 Å². The fraction of sp³-hybridized carbons (Fsp3) is 1.00. The molecule has 92 valence electrons. The number of unbranched alkanes of at least 4 members (excludes halogenated alkanes) is 2. The van der Waals surface area contributed by atoms with Gasteiger partial charge >= 0.3 is 0 Å². The summed E-state index contributed by atoms with van der Waals surface area (Å²) in [7, 11) is 2.19. The van der Waals surface area contributed by atoms with E-state index in [0.717, 1.165) is 31.1 Å². The lowest BCUT2D eigenvalue weighted by Crippen LogP contribution is -2.22. The van der Waals surface area contributed by atoms with Gasteiger partial charge in [0, 0.05) is 6.61 Å². The van der Waals surface area contributed by atoms with Crippen molar-refractivity contribution < 1.29 is 5.11 Å². The molecule has 0 aromatic heterocycles. The SMILES string of the molecule is CC(CCS)CCN(C)CCCCCO. The molecule has 0 bridgehead atoms. The Kier molecular flexibility index (Phi) is 11.0. The van der Waals surface area contributed by atoms with Gasteiger partial charge in [-0.2, -0.15) is 12.6 Å². The van der Waals surface area contributed by atoms with Crippen molar-refractivity contribution in [2.24, 2.45) is 5.92 Å². The van der Waals surface area contributed by atoms with Crippen LogP contribution in [-0.4, -0.2) is 42.5 Å². The van der Waals surface area contributed by atoms with E-state index in [9.17, 15) is 0 Å². The molecular formula is C12H27NOS. The molecular weight excluding hydrogens is 206 g/mol. The minimum Gasteiger partial charge on any atom is -0.396 e. The lowest BCUT2D eigenvalue weighted by Gasteiger charge is -2.18. The summed E-state index contributed by atoms with van der Waals surface area (Å²) < 4.78 is 0. The predicted octanol–water partition coefficient (Wildman–Crippen LogP) is 2.43. The van der Waals surface area contributed by atoms with Gasteiger partial charge in [0.2, 0.25) is 0 Å². The number of thiol groups is 1. The molecule has 0 aromatic rings. The Labute approximate surface area is 100 Å². The van der Waals surface area contributed by atoms with Crippen LogP contribution in [-0.2, 0) is 0 Å². The average Bonchev–Trinajstić information content (AvgIpc) is 2.22. The first kappa shape index (κ1) is 15.3. The second-order valence-electron chi connectivity index (χ2n) is 4.49. The molecule has 1 N–H and O–H groups in total. The first-order valence-corrected chi connectivity index (χ1v) is 6.74. The summed E-state index contributed by atoms with van der Waals surface area (Å²) >= 11 is 4.25. The Morgan fingerprint density at radius 2 is 1.87 bits per heavy atom. The van der Waals surface area contributed by atoms with E-state index in [1.165, 1.54) is 25.8 Å². The van der Waals surface area contributed by atoms with E-state index < -0.39 is 0 Å². The highest BCUT2D eigenvalue weighted by Gasteiger charge is 2.03. The van der Waals surface area contributed by atoms with Crippen molar-refractivity contribution in [2.45, 2.75) is 39.0 Å². The number of hydrogen-bond acceptors (Lipinski definition) is 3. The van der Waals surface area contributed by atoms with Crippen LogP contribution in [0.15, 0.2) is 0 Å². The first-order valence-electron chi connectivity index (χ1n) is 6.11. The van der Waals surface area contributed by atoms with Crippen LogP contribution in [0.5, 0.6) is 0 Å². The summed E-state index contributed by atoms with van der Waals surface area (Å²) in [5, 5.41) is 8.65. The lowest BCUT2D eigenvalue weighted by molar-refractivity contribution is 0.267. The van der Waals surface area contributed by atoms with Crippen molar-refractivity contribution in [1.82, 2.24) is 4.90 Å². The number of rotatable bonds is 10. The molecule has 0 aliphatic heterocycles. The number of aliphatic hydroxyl groups excluding tert-OH is 1. The van der Waals surface area contributed by atoms with E-state index in [1.54, 1.807) is 0 Å². The van der Waals surface area contributed by atoms with E-state index >= 15 is 0 Å². The van der Waals surface area contributed by atoms with E-state index in [-0.39, 0.29) is 0 Å². The summed E-state index contributed by atoms with van der Waals surface area (Å²) in [5.41, 5.74) is 0. The standard InChI is InChI=1S/C12H27NOS/c1-12(7-11-15)6-9-13(2)8-4-3-5-10-14/h12,14-15H,3-11H2,1-2H3. The summed E-state index contributed by atoms with van der Waals surface area (Å²) in [4.78, 5) is 2.40. The van der Waals surface area contributed by atoms with Gasteiger partial charge in [-0.1, -0.05) is 6.92 Å². The minimum atomic E-state index is 0.336. The van der Waals surface area contributed by atoms with Gasteiger partial charge in [0.05, 0.1) is 0 Å². The van der Waals surface area contributed by atoms with Crippen LogP contribution in [0.3, 0.4) is 0 Å². The zero-order valence-corrected chi connectivity index (χ0v) is 11.2. The number of hydrogen-bond donors (Lipinski definition) is 2. The molecule has 3 heteroatoms. The average molecular weight is 233 g/mol. The fourth-order valence-electron chi connectivity index (χ4n) is 1.59. The molecule has 15 heavy (non-hydrogen) atoms. The third kappa shape index (κ3) is 10.6. The Morgan fingerprint density at radius 1 is 1.13 bits per heavy atom. The van der Waals surface area contributed by atoms with E-state index in [1.807, 2.05) is 0 Å². The molecule has 0 aromatic carbocycles. The Bertz CT molecular complexity index is 133. The second kappa shape index (κ2) is 10.8. The Hall–Kier alpha value is 0.270. The van der Waals surface area contributed by atoms with Crippen molar-refractivity contribution in [2.75, 3.05) is 32.5 Å². The Morgan fingerprint density at radius 3 is 2.47 bits per heavy atom. The van der Waals surface area contributed by atoms with E-state index in [4.69, 9.17) is 5.11 Å². The molecule has 2 nitrogen and oxygen atoms in total. The molecule has 0 aliphatic carbocycles. The maximum Gasteiger partial charge on any atom is 0.0431 e. The molecule has 0 heterocycles. The molecule has 0 spiro atoms. The van der Waals surface area contributed by atoms with Crippen molar-refractivity contribution in [3.63, 3.8) is 0 Å². The molecule has 0 amide bonds. The van der Waals surface area contributed by atoms with Gasteiger partial charge in [-0.05, 0) is 63.9 Å². The van der Waals surface area contributed by atoms with Crippen molar-refractivity contribution in [3.05, 3.63) is 0 Å². The molecule has 1 atom stereocenters. The molecule has 0 rings (SSSR count). The molecule has 0 saturated heterocycles. The normalized spacial score (nSPS) is 13.4. The zero-order chi connectivity index (χ0) is 11.5. The largest absolute Gasteiger partial charge is 0.396 e. The van der Waals surface area contributed by atoms with Crippen LogP contribution in [0.4, 0.5) is 0 Å². The van der Waals surface area contributed by atoms with Gasteiger partial charge in [0.25, 0.3) is 0 Å². The van der Waals surface area contributed by atoms with Gasteiger partial charge in [0.1, 0.15) is 0 Å². The van der Waals surface area contributed by atoms with E-state index in [0.29, 0.717) is 6.61 Å². The smallest absolute Gasteiger partial charge is 0.0431 e. The third-order valence-corrected chi connectivity index (χ3v) is 3.08. The summed E-state index contributed by atoms with van der Waals surface area (Å²) in [6, 6.07) is 0. The van der Waals surface area contributed by atoms with Crippen LogP contribution >= 0.6 is 12.6 Å². The second-order valence-corrected chi connectivity index (χ2v) is 4.94.